The Morgan fingerprint density at radius 1 is 0.970 bits per heavy atom. The van der Waals surface area contributed by atoms with E-state index in [2.05, 4.69) is 84.9 Å². The van der Waals surface area contributed by atoms with Gasteiger partial charge in [0, 0.05) is 28.3 Å². The lowest BCUT2D eigenvalue weighted by Crippen LogP contribution is -2.29. The van der Waals surface area contributed by atoms with Gasteiger partial charge in [-0.2, -0.15) is 0 Å². The summed E-state index contributed by atoms with van der Waals surface area (Å²) in [6, 6.07) is 22.5. The molecule has 166 valence electrons. The van der Waals surface area contributed by atoms with E-state index in [9.17, 15) is 0 Å². The molecule has 0 bridgehead atoms. The van der Waals surface area contributed by atoms with Gasteiger partial charge in [0.25, 0.3) is 0 Å². The fourth-order valence-electron chi connectivity index (χ4n) is 4.67. The highest BCUT2D eigenvalue weighted by Crippen LogP contribution is 2.42. The van der Waals surface area contributed by atoms with Crippen LogP contribution in [0.4, 0.5) is 0 Å². The van der Waals surface area contributed by atoms with Crippen molar-refractivity contribution in [1.82, 2.24) is 24.8 Å². The lowest BCUT2D eigenvalue weighted by atomic mass is 9.96. The molecule has 1 aliphatic heterocycles. The fourth-order valence-corrected chi connectivity index (χ4v) is 5.44. The molecule has 3 aromatic heterocycles. The zero-order chi connectivity index (χ0) is 22.9. The van der Waals surface area contributed by atoms with Crippen molar-refractivity contribution in [2.75, 3.05) is 0 Å². The summed E-state index contributed by atoms with van der Waals surface area (Å²) in [7, 11) is 0. The molecule has 0 amide bonds. The SMILES string of the molecule is Cc1cc(C2C(c3ccccn3)NC(=S)N2Cc2ccccn2)c(C)n1-c1ccccc1Br. The number of benzene rings is 1. The van der Waals surface area contributed by atoms with Crippen LogP contribution in [0.3, 0.4) is 0 Å². The summed E-state index contributed by atoms with van der Waals surface area (Å²) in [6.45, 7) is 4.95. The molecule has 1 fully saturated rings. The third-order valence-corrected chi connectivity index (χ3v) is 7.16. The molecule has 2 atom stereocenters. The van der Waals surface area contributed by atoms with Crippen molar-refractivity contribution >= 4 is 33.3 Å². The second-order valence-electron chi connectivity index (χ2n) is 8.19. The number of halogens is 1. The smallest absolute Gasteiger partial charge is 0.170 e. The van der Waals surface area contributed by atoms with E-state index >= 15 is 0 Å². The topological polar surface area (TPSA) is 46.0 Å². The van der Waals surface area contributed by atoms with Gasteiger partial charge in [0.15, 0.2) is 5.11 Å². The summed E-state index contributed by atoms with van der Waals surface area (Å²) in [5.41, 5.74) is 6.65. The standard InChI is InChI=1S/C26H24BrN5S/c1-17-15-20(18(2)32(17)23-12-4-3-10-21(23)27)25-24(22-11-6-8-14-29-22)30-26(33)31(25)16-19-9-5-7-13-28-19/h3-15,24-25H,16H2,1-2H3,(H,30,33). The average Bonchev–Trinajstić information content (AvgIpc) is 3.30. The molecule has 0 saturated carbocycles. The third kappa shape index (κ3) is 4.07. The van der Waals surface area contributed by atoms with Gasteiger partial charge in [0.05, 0.1) is 35.7 Å². The normalized spacial score (nSPS) is 17.9. The largest absolute Gasteiger partial charge is 0.352 e. The van der Waals surface area contributed by atoms with Gasteiger partial charge in [0.1, 0.15) is 0 Å². The Kier molecular flexibility index (Phi) is 6.00. The van der Waals surface area contributed by atoms with Crippen molar-refractivity contribution < 1.29 is 0 Å². The maximum Gasteiger partial charge on any atom is 0.170 e. The molecule has 4 aromatic rings. The molecule has 1 aliphatic rings. The Morgan fingerprint density at radius 2 is 1.70 bits per heavy atom. The molecule has 0 radical (unpaired) electrons. The fraction of sp³-hybridized carbons (Fsp3) is 0.192. The minimum absolute atomic E-state index is 0.0168. The number of aromatic nitrogens is 3. The molecular formula is C26H24BrN5S. The molecule has 1 saturated heterocycles. The molecule has 1 N–H and O–H groups in total. The molecule has 4 heterocycles. The first kappa shape index (κ1) is 21.8. The van der Waals surface area contributed by atoms with Gasteiger partial charge in [-0.1, -0.05) is 24.3 Å². The summed E-state index contributed by atoms with van der Waals surface area (Å²) in [5.74, 6) is 0. The number of nitrogens with zero attached hydrogens (tertiary/aromatic N) is 4. The van der Waals surface area contributed by atoms with E-state index < -0.39 is 0 Å². The van der Waals surface area contributed by atoms with Crippen LogP contribution < -0.4 is 5.32 Å². The number of pyridine rings is 2. The van der Waals surface area contributed by atoms with E-state index in [1.165, 1.54) is 17.0 Å². The highest BCUT2D eigenvalue weighted by atomic mass is 79.9. The van der Waals surface area contributed by atoms with E-state index in [0.717, 1.165) is 21.5 Å². The maximum absolute atomic E-state index is 5.84. The molecule has 5 rings (SSSR count). The van der Waals surface area contributed by atoms with Crippen molar-refractivity contribution in [3.8, 4) is 5.69 Å². The summed E-state index contributed by atoms with van der Waals surface area (Å²) in [4.78, 5) is 11.5. The van der Waals surface area contributed by atoms with E-state index in [1.807, 2.05) is 48.8 Å². The molecular weight excluding hydrogens is 494 g/mol. The number of hydrogen-bond acceptors (Lipinski definition) is 3. The summed E-state index contributed by atoms with van der Waals surface area (Å²) >= 11 is 9.56. The minimum atomic E-state index is -0.0597. The highest BCUT2D eigenvalue weighted by molar-refractivity contribution is 9.10. The average molecular weight is 518 g/mol. The molecule has 1 aromatic carbocycles. The van der Waals surface area contributed by atoms with Crippen LogP contribution in [0.15, 0.2) is 83.6 Å². The first-order valence-corrected chi connectivity index (χ1v) is 12.1. The Labute approximate surface area is 207 Å². The van der Waals surface area contributed by atoms with Crippen molar-refractivity contribution in [1.29, 1.82) is 0 Å². The van der Waals surface area contributed by atoms with Crippen molar-refractivity contribution in [2.45, 2.75) is 32.5 Å². The van der Waals surface area contributed by atoms with Crippen molar-refractivity contribution in [2.24, 2.45) is 0 Å². The van der Waals surface area contributed by atoms with Crippen LogP contribution in [0, 0.1) is 13.8 Å². The van der Waals surface area contributed by atoms with E-state index in [0.29, 0.717) is 11.7 Å². The summed E-state index contributed by atoms with van der Waals surface area (Å²) in [5, 5.41) is 4.26. The molecule has 2 unspecified atom stereocenters. The van der Waals surface area contributed by atoms with Gasteiger partial charge in [-0.3, -0.25) is 9.97 Å². The van der Waals surface area contributed by atoms with Gasteiger partial charge in [0.2, 0.25) is 0 Å². The molecule has 33 heavy (non-hydrogen) atoms. The Morgan fingerprint density at radius 3 is 2.39 bits per heavy atom. The van der Waals surface area contributed by atoms with E-state index in [1.54, 1.807) is 0 Å². The molecule has 0 aliphatic carbocycles. The number of para-hydroxylation sites is 1. The quantitative estimate of drug-likeness (QED) is 0.338. The lowest BCUT2D eigenvalue weighted by Gasteiger charge is -2.28. The Hall–Kier alpha value is -3.03. The highest BCUT2D eigenvalue weighted by Gasteiger charge is 2.41. The molecule has 5 nitrogen and oxygen atoms in total. The van der Waals surface area contributed by atoms with Gasteiger partial charge >= 0.3 is 0 Å². The number of aryl methyl sites for hydroxylation is 1. The number of hydrogen-bond donors (Lipinski definition) is 1. The Bertz CT molecular complexity index is 1290. The van der Waals surface area contributed by atoms with Crippen molar-refractivity contribution in [3.63, 3.8) is 0 Å². The predicted octanol–water partition coefficient (Wildman–Crippen LogP) is 5.82. The van der Waals surface area contributed by atoms with Crippen LogP contribution in [0.5, 0.6) is 0 Å². The number of thiocarbonyl (C=S) groups is 1. The zero-order valence-corrected chi connectivity index (χ0v) is 20.8. The first-order chi connectivity index (χ1) is 16.0. The van der Waals surface area contributed by atoms with Gasteiger partial charge in [-0.05, 0) is 90.0 Å². The molecule has 7 heteroatoms. The van der Waals surface area contributed by atoms with Crippen LogP contribution >= 0.6 is 28.1 Å². The van der Waals surface area contributed by atoms with Gasteiger partial charge in [-0.25, -0.2) is 0 Å². The first-order valence-electron chi connectivity index (χ1n) is 10.9. The third-order valence-electron chi connectivity index (χ3n) is 6.14. The minimum Gasteiger partial charge on any atom is -0.352 e. The molecule has 0 spiro atoms. The van der Waals surface area contributed by atoms with Crippen LogP contribution in [-0.4, -0.2) is 24.5 Å². The van der Waals surface area contributed by atoms with Crippen LogP contribution in [0.1, 0.15) is 40.4 Å². The number of rotatable bonds is 5. The van der Waals surface area contributed by atoms with Crippen LogP contribution in [0.2, 0.25) is 0 Å². The number of nitrogens with one attached hydrogen (secondary N) is 1. The van der Waals surface area contributed by atoms with E-state index in [4.69, 9.17) is 12.2 Å². The van der Waals surface area contributed by atoms with E-state index in [-0.39, 0.29) is 12.1 Å². The zero-order valence-electron chi connectivity index (χ0n) is 18.4. The monoisotopic (exact) mass is 517 g/mol. The Balaban J connectivity index is 1.63. The van der Waals surface area contributed by atoms with Gasteiger partial charge in [-0.15, -0.1) is 0 Å². The predicted molar refractivity (Wildman–Crippen MR) is 138 cm³/mol. The van der Waals surface area contributed by atoms with Crippen molar-refractivity contribution in [3.05, 3.63) is 112 Å². The maximum atomic E-state index is 5.84. The summed E-state index contributed by atoms with van der Waals surface area (Å²) in [6.07, 6.45) is 3.66. The summed E-state index contributed by atoms with van der Waals surface area (Å²) < 4.78 is 3.36. The van der Waals surface area contributed by atoms with Crippen LogP contribution in [0.25, 0.3) is 5.69 Å². The second kappa shape index (κ2) is 9.08. The lowest BCUT2D eigenvalue weighted by molar-refractivity contribution is 0.307. The van der Waals surface area contributed by atoms with Crippen LogP contribution in [-0.2, 0) is 6.54 Å². The second-order valence-corrected chi connectivity index (χ2v) is 9.43. The van der Waals surface area contributed by atoms with Gasteiger partial charge < -0.3 is 14.8 Å².